The number of esters is 2. The summed E-state index contributed by atoms with van der Waals surface area (Å²) in [6.07, 6.45) is 0.312. The number of carbonyl (C=O) groups is 2. The molecule has 172 valence electrons. The Balaban J connectivity index is 2.48. The van der Waals surface area contributed by atoms with Crippen LogP contribution in [0.1, 0.15) is 54.0 Å². The van der Waals surface area contributed by atoms with Crippen molar-refractivity contribution in [2.75, 3.05) is 13.3 Å². The van der Waals surface area contributed by atoms with Crippen LogP contribution in [0, 0.1) is 16.2 Å². The van der Waals surface area contributed by atoms with Crippen molar-refractivity contribution in [2.24, 2.45) is 16.2 Å². The van der Waals surface area contributed by atoms with E-state index < -0.39 is 64.9 Å². The van der Waals surface area contributed by atoms with Gasteiger partial charge in [0.2, 0.25) is 0 Å². The van der Waals surface area contributed by atoms with Gasteiger partial charge in [-0.15, -0.1) is 0 Å². The molecule has 0 amide bonds. The SMILES string of the molecule is C=C1[C@@H](n2ccc(=O)[nH]c2=O)C[C@H](OC(=O)C(C)(C)C)[C@@]1(CF)COC(=O)C(C)(C)C. The third-order valence-electron chi connectivity index (χ3n) is 5.46. The second-order valence-corrected chi connectivity index (χ2v) is 10.1. The molecule has 0 radical (unpaired) electrons. The molecule has 0 aromatic carbocycles. The van der Waals surface area contributed by atoms with E-state index in [1.165, 1.54) is 16.8 Å². The third kappa shape index (κ3) is 4.97. The number of rotatable bonds is 5. The van der Waals surface area contributed by atoms with Gasteiger partial charge >= 0.3 is 17.6 Å². The van der Waals surface area contributed by atoms with E-state index in [2.05, 4.69) is 11.6 Å². The van der Waals surface area contributed by atoms with Gasteiger partial charge in [0.05, 0.1) is 22.3 Å². The minimum atomic E-state index is -1.53. The molecule has 0 unspecified atom stereocenters. The molecule has 0 saturated heterocycles. The van der Waals surface area contributed by atoms with Crippen molar-refractivity contribution in [2.45, 2.75) is 60.1 Å². The summed E-state index contributed by atoms with van der Waals surface area (Å²) in [6, 6.07) is 0.408. The quantitative estimate of drug-likeness (QED) is 0.559. The number of hydrogen-bond acceptors (Lipinski definition) is 6. The number of aromatic amines is 1. The number of aromatic nitrogens is 2. The summed E-state index contributed by atoms with van der Waals surface area (Å²) in [5.41, 5.74) is -4.21. The third-order valence-corrected chi connectivity index (χ3v) is 5.46. The minimum Gasteiger partial charge on any atom is -0.464 e. The summed E-state index contributed by atoms with van der Waals surface area (Å²) >= 11 is 0. The fraction of sp³-hybridized carbons (Fsp3) is 0.636. The Morgan fingerprint density at radius 3 is 2.26 bits per heavy atom. The van der Waals surface area contributed by atoms with E-state index in [0.717, 1.165) is 0 Å². The Morgan fingerprint density at radius 2 is 1.77 bits per heavy atom. The zero-order valence-electron chi connectivity index (χ0n) is 18.9. The Morgan fingerprint density at radius 1 is 1.19 bits per heavy atom. The lowest BCUT2D eigenvalue weighted by atomic mass is 9.82. The maximum absolute atomic E-state index is 14.6. The van der Waals surface area contributed by atoms with Crippen molar-refractivity contribution in [3.8, 4) is 0 Å². The van der Waals surface area contributed by atoms with Crippen LogP contribution in [0.2, 0.25) is 0 Å². The van der Waals surface area contributed by atoms with E-state index in [-0.39, 0.29) is 12.0 Å². The average Bonchev–Trinajstić information content (AvgIpc) is 2.90. The molecule has 8 nitrogen and oxygen atoms in total. The van der Waals surface area contributed by atoms with Crippen LogP contribution in [0.4, 0.5) is 4.39 Å². The van der Waals surface area contributed by atoms with E-state index in [0.29, 0.717) is 0 Å². The molecule has 1 aromatic rings. The van der Waals surface area contributed by atoms with Crippen molar-refractivity contribution >= 4 is 11.9 Å². The minimum absolute atomic E-state index is 0.0452. The molecule has 3 atom stereocenters. The predicted octanol–water partition coefficient (Wildman–Crippen LogP) is 2.54. The van der Waals surface area contributed by atoms with Gasteiger partial charge in [-0.1, -0.05) is 6.58 Å². The lowest BCUT2D eigenvalue weighted by molar-refractivity contribution is -0.170. The van der Waals surface area contributed by atoms with Crippen LogP contribution < -0.4 is 11.2 Å². The van der Waals surface area contributed by atoms with Crippen molar-refractivity contribution < 1.29 is 23.5 Å². The van der Waals surface area contributed by atoms with E-state index in [9.17, 15) is 23.6 Å². The number of H-pyrrole nitrogens is 1. The molecular weight excluding hydrogens is 407 g/mol. The molecule has 1 aromatic heterocycles. The van der Waals surface area contributed by atoms with Crippen LogP contribution in [0.25, 0.3) is 0 Å². The molecule has 1 saturated carbocycles. The van der Waals surface area contributed by atoms with E-state index in [1.807, 2.05) is 0 Å². The van der Waals surface area contributed by atoms with Gasteiger partial charge in [0.15, 0.2) is 0 Å². The molecule has 0 aliphatic heterocycles. The van der Waals surface area contributed by atoms with Crippen LogP contribution in [-0.4, -0.2) is 40.9 Å². The average molecular weight is 438 g/mol. The van der Waals surface area contributed by atoms with Crippen LogP contribution in [0.5, 0.6) is 0 Å². The Hall–Kier alpha value is -2.71. The highest BCUT2D eigenvalue weighted by molar-refractivity contribution is 5.76. The van der Waals surface area contributed by atoms with Gasteiger partial charge in [-0.3, -0.25) is 23.9 Å². The van der Waals surface area contributed by atoms with Crippen LogP contribution >= 0.6 is 0 Å². The van der Waals surface area contributed by atoms with Crippen molar-refractivity contribution in [1.29, 1.82) is 0 Å². The lowest BCUT2D eigenvalue weighted by Crippen LogP contribution is -2.44. The zero-order valence-corrected chi connectivity index (χ0v) is 18.9. The molecule has 1 fully saturated rings. The van der Waals surface area contributed by atoms with Crippen molar-refractivity contribution in [3.05, 3.63) is 45.3 Å². The number of nitrogens with one attached hydrogen (secondary N) is 1. The lowest BCUT2D eigenvalue weighted by Gasteiger charge is -2.35. The van der Waals surface area contributed by atoms with E-state index >= 15 is 0 Å². The normalized spacial score (nSPS) is 24.2. The Bertz CT molecular complexity index is 981. The van der Waals surface area contributed by atoms with Crippen LogP contribution in [0.3, 0.4) is 0 Å². The summed E-state index contributed by atoms with van der Waals surface area (Å²) < 4.78 is 26.9. The molecular formula is C22H31FN2O6. The first kappa shape index (κ1) is 24.6. The first-order valence-electron chi connectivity index (χ1n) is 10.1. The fourth-order valence-electron chi connectivity index (χ4n) is 3.34. The molecule has 0 bridgehead atoms. The van der Waals surface area contributed by atoms with E-state index in [1.54, 1.807) is 41.5 Å². The summed E-state index contributed by atoms with van der Waals surface area (Å²) in [5, 5.41) is 0. The van der Waals surface area contributed by atoms with Crippen molar-refractivity contribution in [3.63, 3.8) is 0 Å². The smallest absolute Gasteiger partial charge is 0.328 e. The topological polar surface area (TPSA) is 107 Å². The number of ether oxygens (including phenoxy) is 2. The molecule has 1 aliphatic rings. The van der Waals surface area contributed by atoms with Crippen LogP contribution in [0.15, 0.2) is 34.0 Å². The second kappa shape index (κ2) is 8.43. The number of hydrogen-bond donors (Lipinski definition) is 1. The number of carbonyl (C=O) groups excluding carboxylic acids is 2. The van der Waals surface area contributed by atoms with Gasteiger partial charge in [0.25, 0.3) is 5.56 Å². The Labute approximate surface area is 180 Å². The maximum Gasteiger partial charge on any atom is 0.328 e. The predicted molar refractivity (Wildman–Crippen MR) is 112 cm³/mol. The molecule has 1 aliphatic carbocycles. The molecule has 1 N–H and O–H groups in total. The summed E-state index contributed by atoms with van der Waals surface area (Å²) in [5.74, 6) is -1.10. The summed E-state index contributed by atoms with van der Waals surface area (Å²) in [4.78, 5) is 50.9. The van der Waals surface area contributed by atoms with Gasteiger partial charge in [0.1, 0.15) is 19.4 Å². The summed E-state index contributed by atoms with van der Waals surface area (Å²) in [7, 11) is 0. The fourth-order valence-corrected chi connectivity index (χ4v) is 3.34. The van der Waals surface area contributed by atoms with Crippen LogP contribution in [-0.2, 0) is 19.1 Å². The van der Waals surface area contributed by atoms with Crippen molar-refractivity contribution in [1.82, 2.24) is 9.55 Å². The summed E-state index contributed by atoms with van der Waals surface area (Å²) in [6.45, 7) is 12.6. The largest absolute Gasteiger partial charge is 0.464 e. The monoisotopic (exact) mass is 438 g/mol. The van der Waals surface area contributed by atoms with Gasteiger partial charge in [-0.2, -0.15) is 0 Å². The van der Waals surface area contributed by atoms with Gasteiger partial charge in [-0.05, 0) is 47.1 Å². The zero-order chi connectivity index (χ0) is 23.8. The number of halogens is 1. The van der Waals surface area contributed by atoms with Gasteiger partial charge < -0.3 is 9.47 Å². The highest BCUT2D eigenvalue weighted by Crippen LogP contribution is 2.50. The van der Waals surface area contributed by atoms with Gasteiger partial charge in [-0.25, -0.2) is 9.18 Å². The first-order chi connectivity index (χ1) is 14.1. The Kier molecular flexibility index (Phi) is 6.68. The first-order valence-corrected chi connectivity index (χ1v) is 10.1. The molecule has 0 spiro atoms. The maximum atomic E-state index is 14.6. The van der Waals surface area contributed by atoms with Gasteiger partial charge in [0, 0.05) is 18.7 Å². The van der Waals surface area contributed by atoms with E-state index in [4.69, 9.17) is 9.47 Å². The highest BCUT2D eigenvalue weighted by atomic mass is 19.1. The molecule has 2 rings (SSSR count). The number of nitrogens with zero attached hydrogens (tertiary/aromatic N) is 1. The molecule has 1 heterocycles. The molecule has 9 heteroatoms. The molecule has 31 heavy (non-hydrogen) atoms. The highest BCUT2D eigenvalue weighted by Gasteiger charge is 2.55. The number of alkyl halides is 1. The standard InChI is InChI=1S/C22H31FN2O6/c1-13-14(25-9-8-16(26)24-19(25)29)10-15(31-18(28)21(5,6)7)22(13,11-23)12-30-17(27)20(2,3)4/h8-9,14-15H,1,10-12H2,2-7H3,(H,24,26,29)/t14-,15-,22-/m0/s1. The second-order valence-electron chi connectivity index (χ2n) is 10.1.